The minimum atomic E-state index is -0.00792. The molecule has 3 heteroatoms. The molecule has 0 saturated heterocycles. The highest BCUT2D eigenvalue weighted by molar-refractivity contribution is 6.31. The first-order chi connectivity index (χ1) is 8.13. The van der Waals surface area contributed by atoms with Crippen molar-refractivity contribution in [2.24, 2.45) is 5.92 Å². The molecule has 0 heterocycles. The summed E-state index contributed by atoms with van der Waals surface area (Å²) >= 11 is 6.11. The summed E-state index contributed by atoms with van der Waals surface area (Å²) in [6, 6.07) is 5.80. The minimum absolute atomic E-state index is 0.00792. The van der Waals surface area contributed by atoms with E-state index in [4.69, 9.17) is 11.6 Å². The Hall–Kier alpha value is -0.730. The molecular weight excluding hydrogens is 234 g/mol. The fraction of sp³-hybridized carbons (Fsp3) is 0.571. The average molecular weight is 256 g/mol. The molecule has 1 unspecified atom stereocenters. The molecule has 0 aliphatic heterocycles. The third kappa shape index (κ3) is 3.62. The van der Waals surface area contributed by atoms with E-state index in [-0.39, 0.29) is 6.61 Å². The number of benzene rings is 1. The molecule has 0 fully saturated rings. The Labute approximate surface area is 109 Å². The molecule has 1 N–H and O–H groups in total. The first kappa shape index (κ1) is 14.3. The topological polar surface area (TPSA) is 23.5 Å². The summed E-state index contributed by atoms with van der Waals surface area (Å²) in [5.41, 5.74) is 1.89. The Morgan fingerprint density at radius 1 is 1.35 bits per heavy atom. The number of nitrogens with zero attached hydrogens (tertiary/aromatic N) is 1. The van der Waals surface area contributed by atoms with Crippen molar-refractivity contribution in [2.45, 2.75) is 33.8 Å². The van der Waals surface area contributed by atoms with Gasteiger partial charge < -0.3 is 10.0 Å². The maximum absolute atomic E-state index is 9.42. The van der Waals surface area contributed by atoms with Crippen LogP contribution in [-0.4, -0.2) is 18.2 Å². The average Bonchev–Trinajstić information content (AvgIpc) is 2.35. The van der Waals surface area contributed by atoms with Crippen molar-refractivity contribution in [2.75, 3.05) is 18.0 Å². The Bertz CT molecular complexity index is 354. The van der Waals surface area contributed by atoms with Crippen molar-refractivity contribution < 1.29 is 5.11 Å². The van der Waals surface area contributed by atoms with E-state index in [2.05, 4.69) is 25.7 Å². The van der Waals surface area contributed by atoms with Gasteiger partial charge in [-0.2, -0.15) is 0 Å². The van der Waals surface area contributed by atoms with Crippen LogP contribution in [0.1, 0.15) is 32.8 Å². The van der Waals surface area contributed by atoms with Gasteiger partial charge in [0.2, 0.25) is 0 Å². The van der Waals surface area contributed by atoms with E-state index >= 15 is 0 Å². The van der Waals surface area contributed by atoms with Gasteiger partial charge in [0.15, 0.2) is 0 Å². The van der Waals surface area contributed by atoms with Gasteiger partial charge in [0, 0.05) is 29.4 Å². The van der Waals surface area contributed by atoms with Gasteiger partial charge in [-0.3, -0.25) is 0 Å². The van der Waals surface area contributed by atoms with E-state index in [1.165, 1.54) is 0 Å². The maximum Gasteiger partial charge on any atom is 0.0716 e. The first-order valence-electron chi connectivity index (χ1n) is 6.27. The molecule has 0 aliphatic carbocycles. The van der Waals surface area contributed by atoms with Crippen LogP contribution in [0.15, 0.2) is 18.2 Å². The highest BCUT2D eigenvalue weighted by Gasteiger charge is 2.13. The molecule has 1 aromatic rings. The third-order valence-electron chi connectivity index (χ3n) is 3.20. The number of hydrogen-bond donors (Lipinski definition) is 1. The van der Waals surface area contributed by atoms with Crippen molar-refractivity contribution in [3.8, 4) is 0 Å². The van der Waals surface area contributed by atoms with Crippen LogP contribution in [0.4, 0.5) is 5.69 Å². The van der Waals surface area contributed by atoms with Gasteiger partial charge in [-0.15, -0.1) is 0 Å². The van der Waals surface area contributed by atoms with Crippen LogP contribution < -0.4 is 4.90 Å². The molecule has 2 nitrogen and oxygen atoms in total. The van der Waals surface area contributed by atoms with Crippen LogP contribution in [0.5, 0.6) is 0 Å². The number of halogens is 1. The summed E-state index contributed by atoms with van der Waals surface area (Å²) < 4.78 is 0. The minimum Gasteiger partial charge on any atom is -0.392 e. The molecule has 0 aromatic heterocycles. The monoisotopic (exact) mass is 255 g/mol. The maximum atomic E-state index is 9.42. The van der Waals surface area contributed by atoms with Gasteiger partial charge in [-0.1, -0.05) is 37.9 Å². The lowest BCUT2D eigenvalue weighted by Crippen LogP contribution is -2.29. The van der Waals surface area contributed by atoms with Gasteiger partial charge in [0.1, 0.15) is 0 Å². The van der Waals surface area contributed by atoms with Crippen molar-refractivity contribution in [1.82, 2.24) is 0 Å². The number of anilines is 1. The molecule has 0 saturated carbocycles. The molecular formula is C14H22ClNO. The number of aliphatic hydroxyl groups excluding tert-OH is 1. The van der Waals surface area contributed by atoms with Gasteiger partial charge in [0.25, 0.3) is 0 Å². The smallest absolute Gasteiger partial charge is 0.0716 e. The Morgan fingerprint density at radius 3 is 2.59 bits per heavy atom. The third-order valence-corrected chi connectivity index (χ3v) is 3.56. The van der Waals surface area contributed by atoms with Crippen molar-refractivity contribution in [3.63, 3.8) is 0 Å². The zero-order valence-electron chi connectivity index (χ0n) is 10.9. The summed E-state index contributed by atoms with van der Waals surface area (Å²) in [4.78, 5) is 2.28. The zero-order valence-corrected chi connectivity index (χ0v) is 11.7. The second-order valence-electron chi connectivity index (χ2n) is 4.45. The Balaban J connectivity index is 2.98. The lowest BCUT2D eigenvalue weighted by Gasteiger charge is -2.28. The molecule has 96 valence electrons. The molecule has 1 rings (SSSR count). The SMILES string of the molecule is CCC(C)CN(CC)c1cccc(Cl)c1CO. The van der Waals surface area contributed by atoms with Crippen LogP contribution in [0.3, 0.4) is 0 Å². The normalized spacial score (nSPS) is 12.5. The van der Waals surface area contributed by atoms with Crippen molar-refractivity contribution >= 4 is 17.3 Å². The quantitative estimate of drug-likeness (QED) is 0.838. The molecule has 17 heavy (non-hydrogen) atoms. The molecule has 0 spiro atoms. The molecule has 1 aromatic carbocycles. The van der Waals surface area contributed by atoms with Crippen molar-refractivity contribution in [1.29, 1.82) is 0 Å². The van der Waals surface area contributed by atoms with Gasteiger partial charge >= 0.3 is 0 Å². The first-order valence-corrected chi connectivity index (χ1v) is 6.64. The molecule has 0 amide bonds. The fourth-order valence-corrected chi connectivity index (χ4v) is 2.13. The molecule has 0 radical (unpaired) electrons. The van der Waals surface area contributed by atoms with E-state index in [1.807, 2.05) is 18.2 Å². The predicted octanol–water partition coefficient (Wildman–Crippen LogP) is 3.70. The van der Waals surface area contributed by atoms with E-state index in [0.717, 1.165) is 30.8 Å². The summed E-state index contributed by atoms with van der Waals surface area (Å²) in [5, 5.41) is 10.1. The van der Waals surface area contributed by atoms with Crippen LogP contribution in [0.25, 0.3) is 0 Å². The number of aliphatic hydroxyl groups is 1. The standard InChI is InChI=1S/C14H22ClNO/c1-4-11(3)9-16(5-2)14-8-6-7-13(15)12(14)10-17/h6-8,11,17H,4-5,9-10H2,1-3H3. The van der Waals surface area contributed by atoms with Gasteiger partial charge in [0.05, 0.1) is 6.61 Å². The second-order valence-corrected chi connectivity index (χ2v) is 4.85. The van der Waals surface area contributed by atoms with Crippen LogP contribution >= 0.6 is 11.6 Å². The van der Waals surface area contributed by atoms with Gasteiger partial charge in [-0.05, 0) is 25.0 Å². The summed E-state index contributed by atoms with van der Waals surface area (Å²) in [6.07, 6.45) is 1.16. The van der Waals surface area contributed by atoms with E-state index < -0.39 is 0 Å². The molecule has 1 atom stereocenters. The number of rotatable bonds is 6. The summed E-state index contributed by atoms with van der Waals surface area (Å²) in [5.74, 6) is 0.639. The van der Waals surface area contributed by atoms with E-state index in [0.29, 0.717) is 10.9 Å². The van der Waals surface area contributed by atoms with Crippen LogP contribution in [-0.2, 0) is 6.61 Å². The summed E-state index contributed by atoms with van der Waals surface area (Å²) in [6.45, 7) is 8.49. The molecule has 0 aliphatic rings. The van der Waals surface area contributed by atoms with Crippen LogP contribution in [0, 0.1) is 5.92 Å². The Morgan fingerprint density at radius 2 is 2.06 bits per heavy atom. The lowest BCUT2D eigenvalue weighted by atomic mass is 10.1. The van der Waals surface area contributed by atoms with Gasteiger partial charge in [-0.25, -0.2) is 0 Å². The molecule has 0 bridgehead atoms. The highest BCUT2D eigenvalue weighted by atomic mass is 35.5. The lowest BCUT2D eigenvalue weighted by molar-refractivity contribution is 0.282. The number of hydrogen-bond acceptors (Lipinski definition) is 2. The highest BCUT2D eigenvalue weighted by Crippen LogP contribution is 2.28. The summed E-state index contributed by atoms with van der Waals surface area (Å²) in [7, 11) is 0. The predicted molar refractivity (Wildman–Crippen MR) is 74.7 cm³/mol. The van der Waals surface area contributed by atoms with E-state index in [1.54, 1.807) is 0 Å². The fourth-order valence-electron chi connectivity index (χ4n) is 1.90. The largest absolute Gasteiger partial charge is 0.392 e. The van der Waals surface area contributed by atoms with E-state index in [9.17, 15) is 5.11 Å². The Kier molecular flexibility index (Phi) is 5.79. The van der Waals surface area contributed by atoms with Crippen molar-refractivity contribution in [3.05, 3.63) is 28.8 Å². The van der Waals surface area contributed by atoms with Crippen LogP contribution in [0.2, 0.25) is 5.02 Å². The second kappa shape index (κ2) is 6.87. The zero-order chi connectivity index (χ0) is 12.8.